The van der Waals surface area contributed by atoms with Crippen LogP contribution in [0.5, 0.6) is 0 Å². The number of esters is 2. The summed E-state index contributed by atoms with van der Waals surface area (Å²) in [6, 6.07) is 1.34. The van der Waals surface area contributed by atoms with Gasteiger partial charge in [0.2, 0.25) is 4.51 Å². The molecule has 0 unspecified atom stereocenters. The van der Waals surface area contributed by atoms with Gasteiger partial charge in [-0.1, -0.05) is 0 Å². The first-order chi connectivity index (χ1) is 11.1. The first kappa shape index (κ1) is 18.4. The van der Waals surface area contributed by atoms with Crippen molar-refractivity contribution in [2.75, 3.05) is 12.3 Å². The zero-order chi connectivity index (χ0) is 18.1. The van der Waals surface area contributed by atoms with Crippen molar-refractivity contribution < 1.29 is 28.9 Å². The van der Waals surface area contributed by atoms with Gasteiger partial charge in [-0.2, -0.15) is 4.98 Å². The van der Waals surface area contributed by atoms with Gasteiger partial charge >= 0.3 is 17.6 Å². The minimum absolute atomic E-state index is 0.000332. The minimum atomic E-state index is -1.95. The maximum absolute atomic E-state index is 12.0. The van der Waals surface area contributed by atoms with Crippen LogP contribution in [0, 0.1) is 0 Å². The Morgan fingerprint density at radius 1 is 1.50 bits per heavy atom. The summed E-state index contributed by atoms with van der Waals surface area (Å²) >= 11 is 3.03. The van der Waals surface area contributed by atoms with Crippen LogP contribution in [0.2, 0.25) is 0 Å². The highest BCUT2D eigenvalue weighted by atomic mass is 79.9. The number of carbonyl (C=O) groups excluding carboxylic acids is 2. The molecule has 0 amide bonds. The van der Waals surface area contributed by atoms with Gasteiger partial charge < -0.3 is 25.1 Å². The van der Waals surface area contributed by atoms with Gasteiger partial charge in [-0.05, 0) is 22.0 Å². The van der Waals surface area contributed by atoms with Crippen molar-refractivity contribution in [1.29, 1.82) is 0 Å². The number of nitrogens with two attached hydrogens (primary N) is 1. The lowest BCUT2D eigenvalue weighted by molar-refractivity contribution is -0.158. The molecule has 3 N–H and O–H groups in total. The van der Waals surface area contributed by atoms with E-state index >= 15 is 0 Å². The topological polar surface area (TPSA) is 143 Å². The molecule has 1 aromatic heterocycles. The third-order valence-electron chi connectivity index (χ3n) is 3.23. The Bertz CT molecular complexity index is 705. The number of hydrogen-bond donors (Lipinski definition) is 2. The lowest BCUT2D eigenvalue weighted by Crippen LogP contribution is -2.46. The third kappa shape index (κ3) is 3.74. The van der Waals surface area contributed by atoms with Crippen LogP contribution in [0.4, 0.5) is 5.82 Å². The van der Waals surface area contributed by atoms with E-state index < -0.39 is 40.6 Å². The molecule has 4 atom stereocenters. The van der Waals surface area contributed by atoms with E-state index in [4.69, 9.17) is 19.9 Å². The number of rotatable bonds is 4. The number of carbonyl (C=O) groups is 2. The van der Waals surface area contributed by atoms with E-state index in [2.05, 4.69) is 20.9 Å². The third-order valence-corrected chi connectivity index (χ3v) is 4.08. The van der Waals surface area contributed by atoms with Gasteiger partial charge in [0.05, 0.1) is 0 Å². The van der Waals surface area contributed by atoms with Gasteiger partial charge in [0.15, 0.2) is 12.3 Å². The molecule has 0 spiro atoms. The fourth-order valence-corrected chi connectivity index (χ4v) is 2.98. The molecule has 0 radical (unpaired) electrons. The fourth-order valence-electron chi connectivity index (χ4n) is 2.26. The van der Waals surface area contributed by atoms with E-state index in [1.165, 1.54) is 19.2 Å². The molecule has 24 heavy (non-hydrogen) atoms. The van der Waals surface area contributed by atoms with Crippen molar-refractivity contribution in [3.8, 4) is 0 Å². The average molecular weight is 406 g/mol. The molecular weight excluding hydrogens is 390 g/mol. The molecule has 11 heteroatoms. The number of anilines is 1. The molecule has 132 valence electrons. The lowest BCUT2D eigenvalue weighted by atomic mass is 10.1. The van der Waals surface area contributed by atoms with E-state index in [9.17, 15) is 19.5 Å². The molecule has 0 bridgehead atoms. The second kappa shape index (κ2) is 6.87. The number of ether oxygens (including phenoxy) is 3. The first-order valence-corrected chi connectivity index (χ1v) is 7.64. The highest BCUT2D eigenvalue weighted by Crippen LogP contribution is 2.44. The van der Waals surface area contributed by atoms with Crippen molar-refractivity contribution >= 4 is 33.7 Å². The second-order valence-corrected chi connectivity index (χ2v) is 6.40. The van der Waals surface area contributed by atoms with E-state index in [0.717, 1.165) is 11.5 Å². The smallest absolute Gasteiger partial charge is 0.351 e. The molecule has 1 aliphatic rings. The number of halogens is 1. The summed E-state index contributed by atoms with van der Waals surface area (Å²) in [5, 5.41) is 10.7. The van der Waals surface area contributed by atoms with Gasteiger partial charge in [0.25, 0.3) is 0 Å². The molecule has 10 nitrogen and oxygen atoms in total. The SMILES string of the molecule is CC(=O)OC[C@H]1O[C@@H](n2ccc(N)nc2=O)[C@@](O)(Br)[C@@H]1OC(C)=O. The normalized spacial score (nSPS) is 29.2. The zero-order valence-electron chi connectivity index (χ0n) is 12.8. The van der Waals surface area contributed by atoms with Crippen LogP contribution in [-0.4, -0.2) is 49.9 Å². The summed E-state index contributed by atoms with van der Waals surface area (Å²) in [5.41, 5.74) is 4.66. The van der Waals surface area contributed by atoms with Crippen LogP contribution in [-0.2, 0) is 23.8 Å². The Hall–Kier alpha value is -1.98. The Kier molecular flexibility index (Phi) is 5.26. The number of nitrogens with zero attached hydrogens (tertiary/aromatic N) is 2. The molecule has 2 rings (SSSR count). The second-order valence-electron chi connectivity index (χ2n) is 5.13. The lowest BCUT2D eigenvalue weighted by Gasteiger charge is -2.27. The highest BCUT2D eigenvalue weighted by Gasteiger charge is 2.58. The zero-order valence-corrected chi connectivity index (χ0v) is 14.4. The van der Waals surface area contributed by atoms with Crippen molar-refractivity contribution in [2.24, 2.45) is 0 Å². The van der Waals surface area contributed by atoms with Gasteiger partial charge in [0, 0.05) is 20.0 Å². The van der Waals surface area contributed by atoms with Crippen LogP contribution in [0.25, 0.3) is 0 Å². The Balaban J connectivity index is 2.37. The molecule has 0 saturated carbocycles. The molecule has 0 aromatic carbocycles. The average Bonchev–Trinajstić information content (AvgIpc) is 2.68. The molecular formula is C13H16BrN3O7. The van der Waals surface area contributed by atoms with Crippen molar-refractivity contribution in [2.45, 2.75) is 36.8 Å². The van der Waals surface area contributed by atoms with Gasteiger partial charge in [-0.15, -0.1) is 0 Å². The summed E-state index contributed by atoms with van der Waals surface area (Å²) in [5.74, 6) is -1.26. The van der Waals surface area contributed by atoms with E-state index in [1.807, 2.05) is 0 Å². The maximum atomic E-state index is 12.0. The summed E-state index contributed by atoms with van der Waals surface area (Å²) in [6.07, 6.45) is -2.25. The fraction of sp³-hybridized carbons (Fsp3) is 0.538. The Morgan fingerprint density at radius 3 is 2.71 bits per heavy atom. The molecule has 1 saturated heterocycles. The first-order valence-electron chi connectivity index (χ1n) is 6.85. The van der Waals surface area contributed by atoms with Gasteiger partial charge in [-0.3, -0.25) is 14.2 Å². The molecule has 1 aliphatic heterocycles. The van der Waals surface area contributed by atoms with Crippen molar-refractivity contribution in [3.63, 3.8) is 0 Å². The van der Waals surface area contributed by atoms with Crippen molar-refractivity contribution in [1.82, 2.24) is 9.55 Å². The van der Waals surface area contributed by atoms with Crippen LogP contribution in [0.1, 0.15) is 20.1 Å². The Morgan fingerprint density at radius 2 is 2.17 bits per heavy atom. The predicted octanol–water partition coefficient (Wildman–Crippen LogP) is -0.699. The van der Waals surface area contributed by atoms with Gasteiger partial charge in [-0.25, -0.2) is 4.79 Å². The number of aromatic nitrogens is 2. The summed E-state index contributed by atoms with van der Waals surface area (Å²) in [4.78, 5) is 37.8. The van der Waals surface area contributed by atoms with E-state index in [0.29, 0.717) is 0 Å². The predicted molar refractivity (Wildman–Crippen MR) is 82.9 cm³/mol. The molecule has 1 aromatic rings. The number of aliphatic hydroxyl groups is 1. The summed E-state index contributed by atoms with van der Waals surface area (Å²) in [7, 11) is 0. The molecule has 2 heterocycles. The van der Waals surface area contributed by atoms with Gasteiger partial charge in [0.1, 0.15) is 18.5 Å². The quantitative estimate of drug-likeness (QED) is 0.490. The summed E-state index contributed by atoms with van der Waals surface area (Å²) < 4.78 is 14.5. The largest absolute Gasteiger partial charge is 0.463 e. The number of nitrogen functional groups attached to an aromatic ring is 1. The van der Waals surface area contributed by atoms with Crippen molar-refractivity contribution in [3.05, 3.63) is 22.7 Å². The van der Waals surface area contributed by atoms with Crippen LogP contribution >= 0.6 is 15.9 Å². The summed E-state index contributed by atoms with van der Waals surface area (Å²) in [6.45, 7) is 2.06. The Labute approximate surface area is 144 Å². The van der Waals surface area contributed by atoms with Crippen LogP contribution < -0.4 is 11.4 Å². The van der Waals surface area contributed by atoms with E-state index in [-0.39, 0.29) is 12.4 Å². The van der Waals surface area contributed by atoms with E-state index in [1.54, 1.807) is 0 Å². The van der Waals surface area contributed by atoms with Crippen LogP contribution in [0.15, 0.2) is 17.1 Å². The van der Waals surface area contributed by atoms with Crippen LogP contribution in [0.3, 0.4) is 0 Å². The number of alkyl halides is 1. The molecule has 0 aliphatic carbocycles. The maximum Gasteiger partial charge on any atom is 0.351 e. The molecule has 1 fully saturated rings. The number of hydrogen-bond acceptors (Lipinski definition) is 9. The highest BCUT2D eigenvalue weighted by molar-refractivity contribution is 9.10. The minimum Gasteiger partial charge on any atom is -0.463 e. The standard InChI is InChI=1S/C13H16BrN3O7/c1-6(18)22-5-8-10(23-7(2)19)13(14,21)11(24-8)17-4-3-9(15)16-12(17)20/h3-4,8,10-11,21H,5H2,1-2H3,(H2,15,16,20)/t8-,10-,11-,13-/m1/s1. The monoisotopic (exact) mass is 405 g/mol.